The van der Waals surface area contributed by atoms with E-state index in [0.29, 0.717) is 11.5 Å². The van der Waals surface area contributed by atoms with Crippen molar-refractivity contribution in [2.45, 2.75) is 51.9 Å². The highest BCUT2D eigenvalue weighted by Crippen LogP contribution is 2.34. The van der Waals surface area contributed by atoms with Crippen LogP contribution >= 0.6 is 0 Å². The summed E-state index contributed by atoms with van der Waals surface area (Å²) >= 11 is 0. The number of hydrogen-bond donors (Lipinski definition) is 0. The molecule has 0 radical (unpaired) electrons. The fourth-order valence-corrected chi connectivity index (χ4v) is 3.95. The Bertz CT molecular complexity index is 632. The highest BCUT2D eigenvalue weighted by atomic mass is 19.1. The average Bonchev–Trinajstić information content (AvgIpc) is 2.61. The van der Waals surface area contributed by atoms with Crippen LogP contribution in [0.4, 0.5) is 8.78 Å². The first-order valence-electron chi connectivity index (χ1n) is 9.20. The van der Waals surface area contributed by atoms with Crippen molar-refractivity contribution in [2.24, 2.45) is 11.8 Å². The Kier molecular flexibility index (Phi) is 5.65. The lowest BCUT2D eigenvalue weighted by atomic mass is 9.78. The predicted octanol–water partition coefficient (Wildman–Crippen LogP) is 6.78. The minimum Gasteiger partial charge on any atom is -0.206 e. The second-order valence-electron chi connectivity index (χ2n) is 7.13. The van der Waals surface area contributed by atoms with Gasteiger partial charge in [0.25, 0.3) is 0 Å². The van der Waals surface area contributed by atoms with Crippen molar-refractivity contribution in [1.29, 1.82) is 0 Å². The average molecular weight is 328 g/mol. The Morgan fingerprint density at radius 2 is 1.46 bits per heavy atom. The van der Waals surface area contributed by atoms with Crippen molar-refractivity contribution in [3.05, 3.63) is 59.7 Å². The van der Waals surface area contributed by atoms with E-state index in [-0.39, 0.29) is 5.56 Å². The van der Waals surface area contributed by atoms with Crippen LogP contribution in [0.1, 0.15) is 51.0 Å². The smallest absolute Gasteiger partial charge is 0.134 e. The molecule has 0 aromatic heterocycles. The molecule has 1 aliphatic rings. The maximum Gasteiger partial charge on any atom is 0.134 e. The predicted molar refractivity (Wildman–Crippen MR) is 95.9 cm³/mol. The molecular formula is C22H26F2. The van der Waals surface area contributed by atoms with Gasteiger partial charge in [-0.15, -0.1) is 0 Å². The van der Waals surface area contributed by atoms with Crippen LogP contribution in [0.5, 0.6) is 0 Å². The molecule has 0 unspecified atom stereocenters. The third-order valence-corrected chi connectivity index (χ3v) is 5.55. The second kappa shape index (κ2) is 7.92. The van der Waals surface area contributed by atoms with E-state index in [1.807, 2.05) is 6.07 Å². The van der Waals surface area contributed by atoms with Crippen molar-refractivity contribution >= 4 is 0 Å². The molecule has 0 spiro atoms. The summed E-state index contributed by atoms with van der Waals surface area (Å²) in [5.74, 6) is 0.700. The summed E-state index contributed by atoms with van der Waals surface area (Å²) in [5.41, 5.74) is 1.46. The van der Waals surface area contributed by atoms with Gasteiger partial charge in [-0.3, -0.25) is 0 Å². The van der Waals surface area contributed by atoms with Gasteiger partial charge >= 0.3 is 0 Å². The molecule has 2 aromatic rings. The Morgan fingerprint density at radius 3 is 2.04 bits per heavy atom. The monoisotopic (exact) mass is 328 g/mol. The number of hydrogen-bond acceptors (Lipinski definition) is 0. The van der Waals surface area contributed by atoms with Crippen LogP contribution in [0, 0.1) is 23.5 Å². The van der Waals surface area contributed by atoms with Gasteiger partial charge in [0, 0.05) is 0 Å². The number of halogens is 2. The molecule has 0 nitrogen and oxygen atoms in total. The van der Waals surface area contributed by atoms with Crippen LogP contribution in [0.3, 0.4) is 0 Å². The molecule has 1 saturated carbocycles. The normalized spacial score (nSPS) is 21.0. The van der Waals surface area contributed by atoms with Gasteiger partial charge in [0.15, 0.2) is 0 Å². The van der Waals surface area contributed by atoms with Crippen molar-refractivity contribution < 1.29 is 8.78 Å². The Labute approximate surface area is 143 Å². The summed E-state index contributed by atoms with van der Waals surface area (Å²) in [4.78, 5) is 0. The fourth-order valence-electron chi connectivity index (χ4n) is 3.95. The highest BCUT2D eigenvalue weighted by Gasteiger charge is 2.20. The molecule has 2 aromatic carbocycles. The van der Waals surface area contributed by atoms with Gasteiger partial charge < -0.3 is 0 Å². The highest BCUT2D eigenvalue weighted by molar-refractivity contribution is 5.65. The minimum absolute atomic E-state index is 0.0859. The van der Waals surface area contributed by atoms with Crippen LogP contribution in [0.2, 0.25) is 0 Å². The van der Waals surface area contributed by atoms with E-state index < -0.39 is 11.6 Å². The Morgan fingerprint density at radius 1 is 0.875 bits per heavy atom. The molecule has 0 N–H and O–H groups in total. The zero-order valence-electron chi connectivity index (χ0n) is 14.4. The van der Waals surface area contributed by atoms with Crippen molar-refractivity contribution in [1.82, 2.24) is 0 Å². The quantitative estimate of drug-likeness (QED) is 0.567. The lowest BCUT2D eigenvalue weighted by molar-refractivity contribution is 0.258. The molecule has 1 fully saturated rings. The summed E-state index contributed by atoms with van der Waals surface area (Å²) in [5, 5.41) is 0. The molecule has 128 valence electrons. The SMILES string of the molecule is CCC1CCC(CCc2cc(F)c(-c3ccccc3)c(F)c2)CC1. The summed E-state index contributed by atoms with van der Waals surface area (Å²) in [6.45, 7) is 2.27. The van der Waals surface area contributed by atoms with Gasteiger partial charge in [0.05, 0.1) is 5.56 Å². The molecule has 1 aliphatic carbocycles. The van der Waals surface area contributed by atoms with Gasteiger partial charge in [-0.25, -0.2) is 8.78 Å². The van der Waals surface area contributed by atoms with Crippen LogP contribution in [-0.4, -0.2) is 0 Å². The van der Waals surface area contributed by atoms with Gasteiger partial charge in [0.2, 0.25) is 0 Å². The van der Waals surface area contributed by atoms with Gasteiger partial charge in [-0.1, -0.05) is 69.4 Å². The van der Waals surface area contributed by atoms with Gasteiger partial charge in [-0.2, -0.15) is 0 Å². The van der Waals surface area contributed by atoms with Crippen LogP contribution in [0.15, 0.2) is 42.5 Å². The first-order chi connectivity index (χ1) is 11.7. The maximum absolute atomic E-state index is 14.4. The zero-order valence-corrected chi connectivity index (χ0v) is 14.4. The van der Waals surface area contributed by atoms with Gasteiger partial charge in [0.1, 0.15) is 11.6 Å². The number of rotatable bonds is 5. The summed E-state index contributed by atoms with van der Waals surface area (Å²) in [6.07, 6.45) is 8.26. The summed E-state index contributed by atoms with van der Waals surface area (Å²) < 4.78 is 28.8. The maximum atomic E-state index is 14.4. The van der Waals surface area contributed by atoms with Crippen LogP contribution in [0.25, 0.3) is 11.1 Å². The lowest BCUT2D eigenvalue weighted by Crippen LogP contribution is -2.14. The largest absolute Gasteiger partial charge is 0.206 e. The van der Waals surface area contributed by atoms with E-state index in [4.69, 9.17) is 0 Å². The standard InChI is InChI=1S/C22H26F2/c1-2-16-8-10-17(11-9-16)12-13-18-14-20(23)22(21(24)15-18)19-6-4-3-5-7-19/h3-7,14-17H,2,8-13H2,1H3. The van der Waals surface area contributed by atoms with Crippen molar-refractivity contribution in [2.75, 3.05) is 0 Å². The fraction of sp³-hybridized carbons (Fsp3) is 0.455. The number of benzene rings is 2. The molecule has 3 rings (SSSR count). The lowest BCUT2D eigenvalue weighted by Gasteiger charge is -2.27. The van der Waals surface area contributed by atoms with E-state index in [1.54, 1.807) is 24.3 Å². The molecule has 0 heterocycles. The van der Waals surface area contributed by atoms with Crippen molar-refractivity contribution in [3.8, 4) is 11.1 Å². The van der Waals surface area contributed by atoms with E-state index in [9.17, 15) is 8.78 Å². The van der Waals surface area contributed by atoms with E-state index in [2.05, 4.69) is 6.92 Å². The third kappa shape index (κ3) is 4.03. The van der Waals surface area contributed by atoms with Crippen molar-refractivity contribution in [3.63, 3.8) is 0 Å². The molecular weight excluding hydrogens is 302 g/mol. The molecule has 0 atom stereocenters. The minimum atomic E-state index is -0.453. The van der Waals surface area contributed by atoms with Crippen LogP contribution in [-0.2, 0) is 6.42 Å². The van der Waals surface area contributed by atoms with E-state index >= 15 is 0 Å². The Balaban J connectivity index is 1.66. The topological polar surface area (TPSA) is 0 Å². The number of aryl methyl sites for hydroxylation is 1. The molecule has 24 heavy (non-hydrogen) atoms. The molecule has 0 bridgehead atoms. The molecule has 2 heteroatoms. The summed E-state index contributed by atoms with van der Waals surface area (Å²) in [7, 11) is 0. The Hall–Kier alpha value is -1.70. The molecule has 0 amide bonds. The molecule has 0 saturated heterocycles. The van der Waals surface area contributed by atoms with Gasteiger partial charge in [-0.05, 0) is 47.9 Å². The van der Waals surface area contributed by atoms with E-state index in [0.717, 1.165) is 24.3 Å². The first-order valence-corrected chi connectivity index (χ1v) is 9.20. The molecule has 0 aliphatic heterocycles. The third-order valence-electron chi connectivity index (χ3n) is 5.55. The zero-order chi connectivity index (χ0) is 16.9. The van der Waals surface area contributed by atoms with E-state index in [1.165, 1.54) is 44.2 Å². The second-order valence-corrected chi connectivity index (χ2v) is 7.13. The summed E-state index contributed by atoms with van der Waals surface area (Å²) in [6, 6.07) is 12.0. The van der Waals surface area contributed by atoms with Crippen LogP contribution < -0.4 is 0 Å². The first kappa shape index (κ1) is 17.1.